The van der Waals surface area contributed by atoms with Gasteiger partial charge in [0.15, 0.2) is 0 Å². The number of sulfonamides is 1. The molecule has 21 heavy (non-hydrogen) atoms. The van der Waals surface area contributed by atoms with Gasteiger partial charge in [-0.1, -0.05) is 42.5 Å². The van der Waals surface area contributed by atoms with Gasteiger partial charge in [-0.2, -0.15) is 0 Å². The average molecular weight is 305 g/mol. The van der Waals surface area contributed by atoms with Gasteiger partial charge >= 0.3 is 0 Å². The second-order valence-electron chi connectivity index (χ2n) is 4.75. The molecule has 0 aliphatic heterocycles. The Morgan fingerprint density at radius 3 is 2.29 bits per heavy atom. The van der Waals surface area contributed by atoms with Crippen molar-refractivity contribution < 1.29 is 13.2 Å². The highest BCUT2D eigenvalue weighted by molar-refractivity contribution is 7.89. The van der Waals surface area contributed by atoms with E-state index in [1.807, 2.05) is 31.2 Å². The third-order valence-electron chi connectivity index (χ3n) is 3.33. The predicted molar refractivity (Wildman–Crippen MR) is 82.6 cm³/mol. The molecule has 0 aliphatic rings. The van der Waals surface area contributed by atoms with Gasteiger partial charge in [0.1, 0.15) is 0 Å². The Labute approximate surface area is 125 Å². The van der Waals surface area contributed by atoms with Crippen LogP contribution in [0.1, 0.15) is 17.2 Å². The first-order valence-corrected chi connectivity index (χ1v) is 8.16. The Morgan fingerprint density at radius 1 is 1.05 bits per heavy atom. The smallest absolute Gasteiger partial charge is 0.240 e. The van der Waals surface area contributed by atoms with E-state index in [1.165, 1.54) is 0 Å². The molecule has 1 unspecified atom stereocenters. The van der Waals surface area contributed by atoms with E-state index in [0.29, 0.717) is 0 Å². The maximum absolute atomic E-state index is 12.2. The van der Waals surface area contributed by atoms with Crippen molar-refractivity contribution in [2.45, 2.75) is 17.9 Å². The lowest BCUT2D eigenvalue weighted by molar-refractivity contribution is 0.107. The lowest BCUT2D eigenvalue weighted by Crippen LogP contribution is -2.29. The summed E-state index contributed by atoms with van der Waals surface area (Å²) in [7, 11) is -1.94. The van der Waals surface area contributed by atoms with Crippen LogP contribution in [0.2, 0.25) is 0 Å². The number of hydrogen-bond acceptors (Lipinski definition) is 3. The lowest BCUT2D eigenvalue weighted by Gasteiger charge is -2.18. The summed E-state index contributed by atoms with van der Waals surface area (Å²) in [5.74, 6) is 0. The van der Waals surface area contributed by atoms with E-state index >= 15 is 0 Å². The molecular weight excluding hydrogens is 286 g/mol. The number of aryl methyl sites for hydroxylation is 1. The van der Waals surface area contributed by atoms with Crippen molar-refractivity contribution in [3.8, 4) is 0 Å². The van der Waals surface area contributed by atoms with E-state index < -0.39 is 10.0 Å². The summed E-state index contributed by atoms with van der Waals surface area (Å²) in [5.41, 5.74) is 2.05. The summed E-state index contributed by atoms with van der Waals surface area (Å²) in [6.45, 7) is 2.17. The van der Waals surface area contributed by atoms with Crippen molar-refractivity contribution in [1.29, 1.82) is 0 Å². The minimum atomic E-state index is -3.52. The SMILES string of the molecule is COC(CNS(=O)(=O)c1ccccc1)c1ccccc1C. The zero-order chi connectivity index (χ0) is 15.3. The summed E-state index contributed by atoms with van der Waals surface area (Å²) in [4.78, 5) is 0.254. The molecule has 0 saturated heterocycles. The standard InChI is InChI=1S/C16H19NO3S/c1-13-8-6-7-11-15(13)16(20-2)12-17-21(18,19)14-9-4-3-5-10-14/h3-11,16-17H,12H2,1-2H3. The van der Waals surface area contributed by atoms with Crippen LogP contribution < -0.4 is 4.72 Å². The highest BCUT2D eigenvalue weighted by Gasteiger charge is 2.18. The Morgan fingerprint density at radius 2 is 1.67 bits per heavy atom. The van der Waals surface area contributed by atoms with Crippen LogP contribution in [0, 0.1) is 6.92 Å². The zero-order valence-electron chi connectivity index (χ0n) is 12.1. The van der Waals surface area contributed by atoms with Crippen molar-refractivity contribution in [3.63, 3.8) is 0 Å². The van der Waals surface area contributed by atoms with Crippen LogP contribution in [0.15, 0.2) is 59.5 Å². The molecule has 0 aliphatic carbocycles. The van der Waals surface area contributed by atoms with Crippen molar-refractivity contribution in [1.82, 2.24) is 4.72 Å². The Balaban J connectivity index is 2.13. The minimum absolute atomic E-state index is 0.193. The third-order valence-corrected chi connectivity index (χ3v) is 4.77. The topological polar surface area (TPSA) is 55.4 Å². The van der Waals surface area contributed by atoms with Crippen LogP contribution in [0.4, 0.5) is 0 Å². The molecule has 0 fully saturated rings. The van der Waals surface area contributed by atoms with E-state index in [9.17, 15) is 8.42 Å². The third kappa shape index (κ3) is 3.91. The molecule has 0 bridgehead atoms. The molecule has 0 heterocycles. The fourth-order valence-corrected chi connectivity index (χ4v) is 3.19. The van der Waals surface area contributed by atoms with Crippen molar-refractivity contribution in [2.75, 3.05) is 13.7 Å². The van der Waals surface area contributed by atoms with E-state index in [0.717, 1.165) is 11.1 Å². The summed E-state index contributed by atoms with van der Waals surface area (Å²) < 4.78 is 32.4. The number of methoxy groups -OCH3 is 1. The Hall–Kier alpha value is -1.69. The van der Waals surface area contributed by atoms with Crippen LogP contribution in [-0.2, 0) is 14.8 Å². The van der Waals surface area contributed by atoms with Gasteiger partial charge in [0.05, 0.1) is 11.0 Å². The number of benzene rings is 2. The molecule has 5 heteroatoms. The second-order valence-corrected chi connectivity index (χ2v) is 6.51. The molecule has 0 radical (unpaired) electrons. The van der Waals surface area contributed by atoms with Crippen LogP contribution in [-0.4, -0.2) is 22.1 Å². The highest BCUT2D eigenvalue weighted by atomic mass is 32.2. The molecule has 2 rings (SSSR count). The van der Waals surface area contributed by atoms with Crippen LogP contribution in [0.5, 0.6) is 0 Å². The molecule has 0 spiro atoms. The summed E-state index contributed by atoms with van der Waals surface area (Å²) in [6, 6.07) is 16.1. The second kappa shape index (κ2) is 6.85. The van der Waals surface area contributed by atoms with Crippen molar-refractivity contribution >= 4 is 10.0 Å². The first-order valence-electron chi connectivity index (χ1n) is 6.67. The molecule has 1 atom stereocenters. The van der Waals surface area contributed by atoms with E-state index in [4.69, 9.17) is 4.74 Å². The molecule has 2 aromatic carbocycles. The summed E-state index contributed by atoms with van der Waals surface area (Å²) in [5, 5.41) is 0. The van der Waals surface area contributed by atoms with Crippen molar-refractivity contribution in [2.24, 2.45) is 0 Å². The Bertz CT molecular complexity index is 684. The molecule has 112 valence electrons. The molecule has 0 aromatic heterocycles. The molecule has 4 nitrogen and oxygen atoms in total. The van der Waals surface area contributed by atoms with Gasteiger partial charge in [0.25, 0.3) is 0 Å². The van der Waals surface area contributed by atoms with E-state index in [1.54, 1.807) is 37.4 Å². The van der Waals surface area contributed by atoms with Gasteiger partial charge in [-0.05, 0) is 30.2 Å². The zero-order valence-corrected chi connectivity index (χ0v) is 12.9. The lowest BCUT2D eigenvalue weighted by atomic mass is 10.0. The van der Waals surface area contributed by atoms with Crippen LogP contribution in [0.3, 0.4) is 0 Å². The normalized spacial score (nSPS) is 13.0. The van der Waals surface area contributed by atoms with Crippen LogP contribution in [0.25, 0.3) is 0 Å². The van der Waals surface area contributed by atoms with Gasteiger partial charge < -0.3 is 4.74 Å². The molecule has 0 saturated carbocycles. The summed E-state index contributed by atoms with van der Waals surface area (Å²) >= 11 is 0. The monoisotopic (exact) mass is 305 g/mol. The number of ether oxygens (including phenoxy) is 1. The first kappa shape index (κ1) is 15.7. The number of nitrogens with one attached hydrogen (secondary N) is 1. The largest absolute Gasteiger partial charge is 0.375 e. The maximum atomic E-state index is 12.2. The minimum Gasteiger partial charge on any atom is -0.375 e. The van der Waals surface area contributed by atoms with Gasteiger partial charge in [0, 0.05) is 13.7 Å². The Kier molecular flexibility index (Phi) is 5.12. The molecule has 1 N–H and O–H groups in total. The molecule has 2 aromatic rings. The van der Waals surface area contributed by atoms with Gasteiger partial charge in [-0.25, -0.2) is 13.1 Å². The highest BCUT2D eigenvalue weighted by Crippen LogP contribution is 2.20. The molecular formula is C16H19NO3S. The van der Waals surface area contributed by atoms with E-state index in [-0.39, 0.29) is 17.5 Å². The number of rotatable bonds is 6. The summed E-state index contributed by atoms with van der Waals surface area (Å²) in [6.07, 6.45) is -0.315. The number of hydrogen-bond donors (Lipinski definition) is 1. The van der Waals surface area contributed by atoms with E-state index in [2.05, 4.69) is 4.72 Å². The van der Waals surface area contributed by atoms with Crippen LogP contribution >= 0.6 is 0 Å². The maximum Gasteiger partial charge on any atom is 0.240 e. The molecule has 0 amide bonds. The van der Waals surface area contributed by atoms with Gasteiger partial charge in [0.2, 0.25) is 10.0 Å². The first-order chi connectivity index (χ1) is 10.0. The quantitative estimate of drug-likeness (QED) is 0.892. The average Bonchev–Trinajstić information content (AvgIpc) is 2.50. The predicted octanol–water partition coefficient (Wildman–Crippen LogP) is 2.66. The van der Waals surface area contributed by atoms with Gasteiger partial charge in [-0.3, -0.25) is 0 Å². The fourth-order valence-electron chi connectivity index (χ4n) is 2.14. The fraction of sp³-hybridized carbons (Fsp3) is 0.250. The van der Waals surface area contributed by atoms with Gasteiger partial charge in [-0.15, -0.1) is 0 Å². The van der Waals surface area contributed by atoms with Crippen molar-refractivity contribution in [3.05, 3.63) is 65.7 Å².